The van der Waals surface area contributed by atoms with Gasteiger partial charge >= 0.3 is 0 Å². The molecule has 0 bridgehead atoms. The first kappa shape index (κ1) is 19.1. The van der Waals surface area contributed by atoms with Gasteiger partial charge in [0, 0.05) is 23.4 Å². The number of carbonyl (C=O) groups excluding carboxylic acids is 1. The number of hydrogen-bond acceptors (Lipinski definition) is 4. The molecule has 3 aromatic carbocycles. The van der Waals surface area contributed by atoms with Crippen molar-refractivity contribution < 1.29 is 9.53 Å². The van der Waals surface area contributed by atoms with Gasteiger partial charge in [0.2, 0.25) is 0 Å². The molecular weight excluding hydrogens is 382 g/mol. The maximum Gasteiger partial charge on any atom is 0.251 e. The number of thioether (sulfide) groups is 1. The van der Waals surface area contributed by atoms with Crippen LogP contribution in [0, 0.1) is 0 Å². The third-order valence-corrected chi connectivity index (χ3v) is 5.55. The standard InChI is InChI=1S/C23H21N3O2S/c1-28-21-13-7-3-8-16(21)14-24-22(27)18-10-4-2-9-17(18)15-29-23-25-19-11-5-6-12-20(19)26-23/h2-13H,14-15H2,1H3,(H,24,27)(H,25,26). The van der Waals surface area contributed by atoms with Crippen LogP contribution in [0.2, 0.25) is 0 Å². The Morgan fingerprint density at radius 1 is 1.00 bits per heavy atom. The van der Waals surface area contributed by atoms with E-state index in [-0.39, 0.29) is 5.91 Å². The molecule has 1 aromatic heterocycles. The second-order valence-electron chi connectivity index (χ2n) is 6.50. The number of imidazole rings is 1. The summed E-state index contributed by atoms with van der Waals surface area (Å²) in [6, 6.07) is 23.3. The van der Waals surface area contributed by atoms with Crippen LogP contribution in [0.5, 0.6) is 5.75 Å². The molecule has 0 saturated heterocycles. The first-order valence-corrected chi connectivity index (χ1v) is 10.3. The van der Waals surface area contributed by atoms with Crippen LogP contribution in [0.25, 0.3) is 11.0 Å². The first-order chi connectivity index (χ1) is 14.2. The van der Waals surface area contributed by atoms with E-state index in [1.807, 2.05) is 72.8 Å². The maximum absolute atomic E-state index is 12.8. The molecular formula is C23H21N3O2S. The molecule has 1 heterocycles. The zero-order chi connectivity index (χ0) is 20.1. The van der Waals surface area contributed by atoms with Crippen molar-refractivity contribution in [3.05, 3.63) is 89.5 Å². The third-order valence-electron chi connectivity index (χ3n) is 4.63. The van der Waals surface area contributed by atoms with Crippen LogP contribution < -0.4 is 10.1 Å². The first-order valence-electron chi connectivity index (χ1n) is 9.30. The van der Waals surface area contributed by atoms with Gasteiger partial charge in [-0.15, -0.1) is 0 Å². The molecule has 0 radical (unpaired) electrons. The SMILES string of the molecule is COc1ccccc1CNC(=O)c1ccccc1CSc1nc2ccccc2[nH]1. The molecule has 0 aliphatic heterocycles. The predicted molar refractivity (Wildman–Crippen MR) is 116 cm³/mol. The van der Waals surface area contributed by atoms with Gasteiger partial charge in [-0.2, -0.15) is 0 Å². The fraction of sp³-hybridized carbons (Fsp3) is 0.130. The van der Waals surface area contributed by atoms with E-state index in [1.54, 1.807) is 18.9 Å². The van der Waals surface area contributed by atoms with Gasteiger partial charge in [-0.05, 0) is 29.8 Å². The summed E-state index contributed by atoms with van der Waals surface area (Å²) in [5.74, 6) is 1.32. The lowest BCUT2D eigenvalue weighted by molar-refractivity contribution is 0.0950. The number of benzene rings is 3. The summed E-state index contributed by atoms with van der Waals surface area (Å²) in [6.07, 6.45) is 0. The predicted octanol–water partition coefficient (Wildman–Crippen LogP) is 4.79. The van der Waals surface area contributed by atoms with Crippen molar-refractivity contribution in [2.24, 2.45) is 0 Å². The van der Waals surface area contributed by atoms with Crippen LogP contribution in [0.1, 0.15) is 21.5 Å². The number of hydrogen-bond donors (Lipinski definition) is 2. The Bertz CT molecular complexity index is 1110. The van der Waals surface area contributed by atoms with Crippen LogP contribution in [-0.2, 0) is 12.3 Å². The highest BCUT2D eigenvalue weighted by Crippen LogP contribution is 2.25. The number of aromatic nitrogens is 2. The zero-order valence-corrected chi connectivity index (χ0v) is 16.8. The quantitative estimate of drug-likeness (QED) is 0.435. The molecule has 6 heteroatoms. The van der Waals surface area contributed by atoms with Crippen molar-refractivity contribution >= 4 is 28.7 Å². The lowest BCUT2D eigenvalue weighted by Gasteiger charge is -2.11. The molecule has 4 rings (SSSR count). The fourth-order valence-corrected chi connectivity index (χ4v) is 4.02. The molecule has 29 heavy (non-hydrogen) atoms. The van der Waals surface area contributed by atoms with Crippen molar-refractivity contribution in [1.82, 2.24) is 15.3 Å². The molecule has 5 nitrogen and oxygen atoms in total. The largest absolute Gasteiger partial charge is 0.496 e. The summed E-state index contributed by atoms with van der Waals surface area (Å²) in [6.45, 7) is 0.411. The van der Waals surface area contributed by atoms with Gasteiger partial charge in [0.1, 0.15) is 5.75 Å². The van der Waals surface area contributed by atoms with Crippen LogP contribution in [-0.4, -0.2) is 23.0 Å². The van der Waals surface area contributed by atoms with E-state index in [0.717, 1.165) is 33.1 Å². The lowest BCUT2D eigenvalue weighted by Crippen LogP contribution is -2.24. The Kier molecular flexibility index (Phi) is 5.81. The minimum Gasteiger partial charge on any atom is -0.496 e. The van der Waals surface area contributed by atoms with Gasteiger partial charge in [-0.25, -0.2) is 4.98 Å². The minimum atomic E-state index is -0.100. The van der Waals surface area contributed by atoms with Gasteiger partial charge in [0.25, 0.3) is 5.91 Å². The highest BCUT2D eigenvalue weighted by atomic mass is 32.2. The van der Waals surface area contributed by atoms with Gasteiger partial charge in [-0.3, -0.25) is 4.79 Å². The molecule has 0 spiro atoms. The number of para-hydroxylation sites is 3. The summed E-state index contributed by atoms with van der Waals surface area (Å²) < 4.78 is 5.35. The van der Waals surface area contributed by atoms with Crippen molar-refractivity contribution in [3.63, 3.8) is 0 Å². The highest BCUT2D eigenvalue weighted by molar-refractivity contribution is 7.98. The van der Waals surface area contributed by atoms with E-state index in [2.05, 4.69) is 15.3 Å². The second-order valence-corrected chi connectivity index (χ2v) is 7.46. The van der Waals surface area contributed by atoms with E-state index in [4.69, 9.17) is 4.74 Å². The molecule has 1 amide bonds. The summed E-state index contributed by atoms with van der Waals surface area (Å²) >= 11 is 1.58. The van der Waals surface area contributed by atoms with E-state index in [0.29, 0.717) is 17.9 Å². The molecule has 0 atom stereocenters. The second kappa shape index (κ2) is 8.84. The number of carbonyl (C=O) groups is 1. The summed E-state index contributed by atoms with van der Waals surface area (Å²) in [4.78, 5) is 20.7. The Hall–Kier alpha value is -3.25. The highest BCUT2D eigenvalue weighted by Gasteiger charge is 2.13. The summed E-state index contributed by atoms with van der Waals surface area (Å²) in [5, 5.41) is 3.84. The van der Waals surface area contributed by atoms with Crippen LogP contribution >= 0.6 is 11.8 Å². The fourth-order valence-electron chi connectivity index (χ4n) is 3.13. The van der Waals surface area contributed by atoms with Gasteiger partial charge in [0.15, 0.2) is 5.16 Å². The van der Waals surface area contributed by atoms with E-state index in [9.17, 15) is 4.79 Å². The Morgan fingerprint density at radius 3 is 2.55 bits per heavy atom. The molecule has 0 aliphatic rings. The monoisotopic (exact) mass is 403 g/mol. The minimum absolute atomic E-state index is 0.100. The third kappa shape index (κ3) is 4.43. The van der Waals surface area contributed by atoms with Crippen molar-refractivity contribution in [2.75, 3.05) is 7.11 Å². The summed E-state index contributed by atoms with van der Waals surface area (Å²) in [5.41, 5.74) is 4.54. The number of rotatable bonds is 7. The number of ether oxygens (including phenoxy) is 1. The number of H-pyrrole nitrogens is 1. The zero-order valence-electron chi connectivity index (χ0n) is 16.0. The van der Waals surface area contributed by atoms with E-state index < -0.39 is 0 Å². The van der Waals surface area contributed by atoms with Gasteiger partial charge in [0.05, 0.1) is 18.1 Å². The topological polar surface area (TPSA) is 67.0 Å². The van der Waals surface area contributed by atoms with Crippen LogP contribution in [0.3, 0.4) is 0 Å². The molecule has 0 saturated carbocycles. The number of aromatic amines is 1. The number of amides is 1. The molecule has 0 aliphatic carbocycles. The van der Waals surface area contributed by atoms with Crippen LogP contribution in [0.15, 0.2) is 78.0 Å². The van der Waals surface area contributed by atoms with E-state index >= 15 is 0 Å². The van der Waals surface area contributed by atoms with E-state index in [1.165, 1.54) is 0 Å². The van der Waals surface area contributed by atoms with Crippen LogP contribution in [0.4, 0.5) is 0 Å². The number of methoxy groups -OCH3 is 1. The van der Waals surface area contributed by atoms with Gasteiger partial charge < -0.3 is 15.0 Å². The number of nitrogens with one attached hydrogen (secondary N) is 2. The molecule has 0 unspecified atom stereocenters. The molecule has 2 N–H and O–H groups in total. The lowest BCUT2D eigenvalue weighted by atomic mass is 10.1. The van der Waals surface area contributed by atoms with Gasteiger partial charge in [-0.1, -0.05) is 60.3 Å². The normalized spacial score (nSPS) is 10.8. The van der Waals surface area contributed by atoms with Crippen molar-refractivity contribution in [3.8, 4) is 5.75 Å². The summed E-state index contributed by atoms with van der Waals surface area (Å²) in [7, 11) is 1.63. The molecule has 146 valence electrons. The Balaban J connectivity index is 1.45. The molecule has 0 fully saturated rings. The average Bonchev–Trinajstić information content (AvgIpc) is 3.19. The average molecular weight is 404 g/mol. The Morgan fingerprint density at radius 2 is 1.72 bits per heavy atom. The Labute approximate surface area is 173 Å². The van der Waals surface area contributed by atoms with Crippen molar-refractivity contribution in [1.29, 1.82) is 0 Å². The molecule has 4 aromatic rings. The smallest absolute Gasteiger partial charge is 0.251 e. The maximum atomic E-state index is 12.8. The van der Waals surface area contributed by atoms with Crippen molar-refractivity contribution in [2.45, 2.75) is 17.5 Å². The number of nitrogens with zero attached hydrogens (tertiary/aromatic N) is 1. The number of fused-ring (bicyclic) bond motifs is 1.